The second-order valence-electron chi connectivity index (χ2n) is 3.82. The second-order valence-corrected chi connectivity index (χ2v) is 3.82. The third-order valence-electron chi connectivity index (χ3n) is 2.52. The fourth-order valence-electron chi connectivity index (χ4n) is 1.67. The highest BCUT2D eigenvalue weighted by Gasteiger charge is 2.21. The number of aliphatic carboxylic acids is 1. The van der Waals surface area contributed by atoms with Gasteiger partial charge in [0.25, 0.3) is 5.89 Å². The van der Waals surface area contributed by atoms with E-state index in [1.165, 1.54) is 0 Å². The summed E-state index contributed by atoms with van der Waals surface area (Å²) >= 11 is 0. The van der Waals surface area contributed by atoms with E-state index in [0.29, 0.717) is 24.9 Å². The minimum atomic E-state index is -1.02. The van der Waals surface area contributed by atoms with E-state index in [-0.39, 0.29) is 19.1 Å². The monoisotopic (exact) mass is 242 g/mol. The number of rotatable bonds is 5. The van der Waals surface area contributed by atoms with Crippen molar-refractivity contribution in [3.63, 3.8) is 0 Å². The fourth-order valence-corrected chi connectivity index (χ4v) is 1.67. The van der Waals surface area contributed by atoms with Gasteiger partial charge in [-0.1, -0.05) is 5.16 Å². The van der Waals surface area contributed by atoms with Crippen molar-refractivity contribution >= 4 is 5.97 Å². The molecule has 1 aliphatic rings. The number of ether oxygens (including phenoxy) is 2. The van der Waals surface area contributed by atoms with Crippen molar-refractivity contribution < 1.29 is 23.9 Å². The lowest BCUT2D eigenvalue weighted by atomic mass is 10.00. The zero-order valence-corrected chi connectivity index (χ0v) is 9.29. The van der Waals surface area contributed by atoms with Gasteiger partial charge in [-0.2, -0.15) is 4.98 Å². The predicted octanol–water partition coefficient (Wildman–Crippen LogP) is 0.565. The van der Waals surface area contributed by atoms with Crippen molar-refractivity contribution in [1.29, 1.82) is 0 Å². The van der Waals surface area contributed by atoms with Gasteiger partial charge in [-0.05, 0) is 12.8 Å². The molecule has 0 atom stereocenters. The smallest absolute Gasteiger partial charge is 0.329 e. The van der Waals surface area contributed by atoms with Crippen LogP contribution in [0.3, 0.4) is 0 Å². The SMILES string of the molecule is O=C(O)COCc1nc(C2CCOCC2)no1. The van der Waals surface area contributed by atoms with Crippen LogP contribution in [-0.4, -0.2) is 41.0 Å². The molecular weight excluding hydrogens is 228 g/mol. The van der Waals surface area contributed by atoms with Gasteiger partial charge in [0.05, 0.1) is 0 Å². The van der Waals surface area contributed by atoms with Crippen LogP contribution in [0.4, 0.5) is 0 Å². The van der Waals surface area contributed by atoms with Crippen LogP contribution in [0.2, 0.25) is 0 Å². The Morgan fingerprint density at radius 2 is 2.24 bits per heavy atom. The minimum absolute atomic E-state index is 0.0303. The largest absolute Gasteiger partial charge is 0.480 e. The van der Waals surface area contributed by atoms with Crippen molar-refractivity contribution in [2.75, 3.05) is 19.8 Å². The standard InChI is InChI=1S/C10H14N2O5/c13-9(14)6-16-5-8-11-10(12-17-8)7-1-3-15-4-2-7/h7H,1-6H2,(H,13,14). The first kappa shape index (κ1) is 12.0. The summed E-state index contributed by atoms with van der Waals surface area (Å²) in [7, 11) is 0. The maximum absolute atomic E-state index is 10.2. The van der Waals surface area contributed by atoms with Crippen LogP contribution in [-0.2, 0) is 20.9 Å². The fraction of sp³-hybridized carbons (Fsp3) is 0.700. The molecule has 0 aromatic carbocycles. The first-order valence-electron chi connectivity index (χ1n) is 5.45. The lowest BCUT2D eigenvalue weighted by Gasteiger charge is -2.18. The second kappa shape index (κ2) is 5.74. The summed E-state index contributed by atoms with van der Waals surface area (Å²) in [6.07, 6.45) is 1.77. The molecule has 7 heteroatoms. The molecule has 17 heavy (non-hydrogen) atoms. The summed E-state index contributed by atoms with van der Waals surface area (Å²) in [5, 5.41) is 12.3. The average molecular weight is 242 g/mol. The molecule has 1 aliphatic heterocycles. The first-order valence-corrected chi connectivity index (χ1v) is 5.45. The van der Waals surface area contributed by atoms with Crippen molar-refractivity contribution in [2.45, 2.75) is 25.4 Å². The summed E-state index contributed by atoms with van der Waals surface area (Å²) in [4.78, 5) is 14.4. The summed E-state index contributed by atoms with van der Waals surface area (Å²) in [6.45, 7) is 1.09. The van der Waals surface area contributed by atoms with Gasteiger partial charge in [-0.3, -0.25) is 0 Å². The molecule has 2 rings (SSSR count). The third kappa shape index (κ3) is 3.50. The van der Waals surface area contributed by atoms with Gasteiger partial charge in [0, 0.05) is 19.1 Å². The first-order chi connectivity index (χ1) is 8.25. The lowest BCUT2D eigenvalue weighted by molar-refractivity contribution is -0.142. The van der Waals surface area contributed by atoms with Gasteiger partial charge in [0.1, 0.15) is 13.2 Å². The van der Waals surface area contributed by atoms with E-state index in [1.807, 2.05) is 0 Å². The highest BCUT2D eigenvalue weighted by molar-refractivity contribution is 5.67. The predicted molar refractivity (Wildman–Crippen MR) is 54.4 cm³/mol. The molecule has 0 saturated carbocycles. The number of aromatic nitrogens is 2. The average Bonchev–Trinajstić information content (AvgIpc) is 2.78. The van der Waals surface area contributed by atoms with Crippen LogP contribution >= 0.6 is 0 Å². The van der Waals surface area contributed by atoms with Crippen molar-refractivity contribution in [3.8, 4) is 0 Å². The molecule has 0 aliphatic carbocycles. The maximum Gasteiger partial charge on any atom is 0.329 e. The molecule has 0 bridgehead atoms. The third-order valence-corrected chi connectivity index (χ3v) is 2.52. The Morgan fingerprint density at radius 1 is 1.47 bits per heavy atom. The number of carboxylic acids is 1. The zero-order chi connectivity index (χ0) is 12.1. The summed E-state index contributed by atoms with van der Waals surface area (Å²) in [6, 6.07) is 0. The maximum atomic E-state index is 10.2. The Kier molecular flexibility index (Phi) is 4.05. The Hall–Kier alpha value is -1.47. The van der Waals surface area contributed by atoms with E-state index in [4.69, 9.17) is 19.1 Å². The number of nitrogens with zero attached hydrogens (tertiary/aromatic N) is 2. The molecule has 0 unspecified atom stereocenters. The van der Waals surface area contributed by atoms with Gasteiger partial charge in [0.15, 0.2) is 5.82 Å². The molecule has 1 saturated heterocycles. The van der Waals surface area contributed by atoms with E-state index < -0.39 is 5.97 Å². The van der Waals surface area contributed by atoms with Crippen molar-refractivity contribution in [1.82, 2.24) is 10.1 Å². The van der Waals surface area contributed by atoms with E-state index in [1.54, 1.807) is 0 Å². The molecule has 0 amide bonds. The molecule has 7 nitrogen and oxygen atoms in total. The van der Waals surface area contributed by atoms with Crippen molar-refractivity contribution in [2.24, 2.45) is 0 Å². The molecule has 1 N–H and O–H groups in total. The van der Waals surface area contributed by atoms with Gasteiger partial charge >= 0.3 is 5.97 Å². The molecule has 0 spiro atoms. The van der Waals surface area contributed by atoms with Gasteiger partial charge in [0.2, 0.25) is 0 Å². The Bertz CT molecular complexity index is 373. The lowest BCUT2D eigenvalue weighted by Crippen LogP contribution is -2.15. The Labute approximate surface area is 97.7 Å². The van der Waals surface area contributed by atoms with E-state index in [0.717, 1.165) is 12.8 Å². The Balaban J connectivity index is 1.84. The molecule has 0 radical (unpaired) electrons. The van der Waals surface area contributed by atoms with Gasteiger partial charge < -0.3 is 19.1 Å². The van der Waals surface area contributed by atoms with Crippen LogP contribution < -0.4 is 0 Å². The summed E-state index contributed by atoms with van der Waals surface area (Å²) in [5.74, 6) is 0.213. The highest BCUT2D eigenvalue weighted by Crippen LogP contribution is 2.24. The van der Waals surface area contributed by atoms with E-state index in [2.05, 4.69) is 10.1 Å². The topological polar surface area (TPSA) is 94.7 Å². The van der Waals surface area contributed by atoms with Gasteiger partial charge in [-0.25, -0.2) is 4.79 Å². The molecule has 1 fully saturated rings. The summed E-state index contributed by atoms with van der Waals surface area (Å²) < 4.78 is 15.1. The Morgan fingerprint density at radius 3 is 2.94 bits per heavy atom. The molecule has 1 aromatic rings. The molecule has 1 aromatic heterocycles. The van der Waals surface area contributed by atoms with E-state index in [9.17, 15) is 4.79 Å². The van der Waals surface area contributed by atoms with Crippen LogP contribution in [0.25, 0.3) is 0 Å². The summed E-state index contributed by atoms with van der Waals surface area (Å²) in [5.41, 5.74) is 0. The molecule has 2 heterocycles. The number of carboxylic acid groups (broad SMARTS) is 1. The molecule has 94 valence electrons. The number of hydrogen-bond acceptors (Lipinski definition) is 6. The zero-order valence-electron chi connectivity index (χ0n) is 9.29. The van der Waals surface area contributed by atoms with Crippen LogP contribution in [0.5, 0.6) is 0 Å². The quantitative estimate of drug-likeness (QED) is 0.806. The number of carbonyl (C=O) groups is 1. The number of hydrogen-bond donors (Lipinski definition) is 1. The van der Waals surface area contributed by atoms with Crippen LogP contribution in [0.1, 0.15) is 30.5 Å². The van der Waals surface area contributed by atoms with E-state index >= 15 is 0 Å². The highest BCUT2D eigenvalue weighted by atomic mass is 16.5. The minimum Gasteiger partial charge on any atom is -0.480 e. The normalized spacial score (nSPS) is 17.2. The molecular formula is C10H14N2O5. The van der Waals surface area contributed by atoms with Crippen LogP contribution in [0.15, 0.2) is 4.52 Å². The van der Waals surface area contributed by atoms with Crippen molar-refractivity contribution in [3.05, 3.63) is 11.7 Å². The van der Waals surface area contributed by atoms with Gasteiger partial charge in [-0.15, -0.1) is 0 Å². The van der Waals surface area contributed by atoms with Crippen LogP contribution in [0, 0.1) is 0 Å².